The highest BCUT2D eigenvalue weighted by Gasteiger charge is 2.39. The normalized spacial score (nSPS) is 19.3. The summed E-state index contributed by atoms with van der Waals surface area (Å²) in [6, 6.07) is 11.2. The third-order valence-corrected chi connectivity index (χ3v) is 6.28. The molecule has 0 fully saturated rings. The zero-order valence-electron chi connectivity index (χ0n) is 16.7. The van der Waals surface area contributed by atoms with Crippen LogP contribution in [0.3, 0.4) is 0 Å². The molecule has 0 N–H and O–H groups in total. The summed E-state index contributed by atoms with van der Waals surface area (Å²) >= 11 is 0. The molecule has 0 saturated carbocycles. The highest BCUT2D eigenvalue weighted by Crippen LogP contribution is 2.50. The van der Waals surface area contributed by atoms with Crippen molar-refractivity contribution in [2.24, 2.45) is 0 Å². The number of hydrogen-bond acceptors (Lipinski definition) is 1. The molecule has 1 nitrogen and oxygen atoms in total. The zero-order chi connectivity index (χ0) is 18.2. The van der Waals surface area contributed by atoms with Gasteiger partial charge in [-0.15, -0.1) is 0 Å². The molecule has 0 bridgehead atoms. The van der Waals surface area contributed by atoms with Gasteiger partial charge in [0, 0.05) is 10.8 Å². The first-order chi connectivity index (χ1) is 11.5. The first kappa shape index (κ1) is 16.7. The van der Waals surface area contributed by atoms with E-state index in [2.05, 4.69) is 78.8 Å². The van der Waals surface area contributed by atoms with Crippen molar-refractivity contribution in [2.45, 2.75) is 77.6 Å². The van der Waals surface area contributed by atoms with Crippen LogP contribution in [-0.2, 0) is 16.2 Å². The van der Waals surface area contributed by atoms with E-state index in [4.69, 9.17) is 4.42 Å². The monoisotopic (exact) mass is 334 g/mol. The quantitative estimate of drug-likeness (QED) is 0.422. The van der Waals surface area contributed by atoms with E-state index in [1.165, 1.54) is 40.3 Å². The Morgan fingerprint density at radius 1 is 0.840 bits per heavy atom. The maximum absolute atomic E-state index is 6.25. The van der Waals surface area contributed by atoms with E-state index in [0.717, 1.165) is 11.2 Å². The molecule has 0 saturated heterocycles. The van der Waals surface area contributed by atoms with Crippen LogP contribution in [0.15, 0.2) is 34.7 Å². The Balaban J connectivity index is 2.16. The smallest absolute Gasteiger partial charge is 0.135 e. The van der Waals surface area contributed by atoms with E-state index in [-0.39, 0.29) is 16.2 Å². The minimum Gasteiger partial charge on any atom is -0.456 e. The molecule has 2 aromatic carbocycles. The Morgan fingerprint density at radius 2 is 1.48 bits per heavy atom. The summed E-state index contributed by atoms with van der Waals surface area (Å²) in [7, 11) is 0. The fourth-order valence-corrected chi connectivity index (χ4v) is 4.49. The second-order valence-electron chi connectivity index (χ2n) is 10.2. The summed E-state index contributed by atoms with van der Waals surface area (Å²) in [4.78, 5) is 0. The fraction of sp³-hybridized carbons (Fsp3) is 0.500. The largest absolute Gasteiger partial charge is 0.456 e. The fourth-order valence-electron chi connectivity index (χ4n) is 4.49. The Labute approximate surface area is 151 Å². The third-order valence-electron chi connectivity index (χ3n) is 6.28. The van der Waals surface area contributed by atoms with Crippen LogP contribution in [0.25, 0.3) is 21.9 Å². The molecule has 0 amide bonds. The van der Waals surface area contributed by atoms with Gasteiger partial charge in [0.05, 0.1) is 0 Å². The van der Waals surface area contributed by atoms with Crippen molar-refractivity contribution in [3.05, 3.63) is 47.0 Å². The Kier molecular flexibility index (Phi) is 3.27. The lowest BCUT2D eigenvalue weighted by Gasteiger charge is -2.42. The summed E-state index contributed by atoms with van der Waals surface area (Å²) in [5.74, 6) is 0. The maximum Gasteiger partial charge on any atom is 0.135 e. The van der Waals surface area contributed by atoms with Crippen LogP contribution in [0.4, 0.5) is 0 Å². The molecule has 4 rings (SSSR count). The zero-order valence-corrected chi connectivity index (χ0v) is 16.7. The van der Waals surface area contributed by atoms with Gasteiger partial charge in [0.25, 0.3) is 0 Å². The molecule has 0 aliphatic heterocycles. The summed E-state index contributed by atoms with van der Waals surface area (Å²) in [5, 5.41) is 2.63. The van der Waals surface area contributed by atoms with Crippen LogP contribution in [0.2, 0.25) is 0 Å². The van der Waals surface area contributed by atoms with Gasteiger partial charge in [-0.2, -0.15) is 0 Å². The Bertz CT molecular complexity index is 977. The van der Waals surface area contributed by atoms with Gasteiger partial charge in [-0.25, -0.2) is 0 Å². The first-order valence-electron chi connectivity index (χ1n) is 9.51. The number of benzene rings is 2. The van der Waals surface area contributed by atoms with Crippen molar-refractivity contribution in [3.63, 3.8) is 0 Å². The van der Waals surface area contributed by atoms with Crippen molar-refractivity contribution in [2.75, 3.05) is 0 Å². The minimum absolute atomic E-state index is 0.140. The van der Waals surface area contributed by atoms with Gasteiger partial charge in [-0.1, -0.05) is 60.6 Å². The first-order valence-corrected chi connectivity index (χ1v) is 9.51. The second kappa shape index (κ2) is 4.90. The highest BCUT2D eigenvalue weighted by molar-refractivity contribution is 6.08. The van der Waals surface area contributed by atoms with Crippen LogP contribution >= 0.6 is 0 Å². The number of fused-ring (bicyclic) bond motifs is 5. The lowest BCUT2D eigenvalue weighted by Crippen LogP contribution is -2.33. The van der Waals surface area contributed by atoms with Gasteiger partial charge in [0.2, 0.25) is 0 Å². The standard InChI is InChI=1S/C24H30O/c1-22(2,3)15-8-10-18-16(14-15)20-19(25-18)11-9-17-21(20)24(6,7)13-12-23(17,4)5/h8-11,14H,12-13H2,1-7H3. The van der Waals surface area contributed by atoms with Crippen LogP contribution in [-0.4, -0.2) is 0 Å². The second-order valence-corrected chi connectivity index (χ2v) is 10.2. The Morgan fingerprint density at radius 3 is 2.16 bits per heavy atom. The minimum atomic E-state index is 0.140. The molecule has 25 heavy (non-hydrogen) atoms. The van der Waals surface area contributed by atoms with Crippen LogP contribution in [0, 0.1) is 0 Å². The highest BCUT2D eigenvalue weighted by atomic mass is 16.3. The van der Waals surface area contributed by atoms with Crippen molar-refractivity contribution >= 4 is 21.9 Å². The summed E-state index contributed by atoms with van der Waals surface area (Å²) < 4.78 is 6.25. The lowest BCUT2D eigenvalue weighted by molar-refractivity contribution is 0.334. The van der Waals surface area contributed by atoms with Gasteiger partial charge in [0.15, 0.2) is 0 Å². The van der Waals surface area contributed by atoms with E-state index >= 15 is 0 Å². The predicted molar refractivity (Wildman–Crippen MR) is 108 cm³/mol. The average molecular weight is 335 g/mol. The topological polar surface area (TPSA) is 13.1 Å². The van der Waals surface area contributed by atoms with Crippen molar-refractivity contribution in [1.29, 1.82) is 0 Å². The summed E-state index contributed by atoms with van der Waals surface area (Å²) in [6.07, 6.45) is 2.46. The van der Waals surface area contributed by atoms with Crippen LogP contribution < -0.4 is 0 Å². The number of rotatable bonds is 0. The SMILES string of the molecule is CC(C)(C)c1ccc2oc3ccc4c(c3c2c1)C(C)(C)CCC4(C)C. The number of hydrogen-bond donors (Lipinski definition) is 0. The molecule has 0 atom stereocenters. The third kappa shape index (κ3) is 2.43. The lowest BCUT2D eigenvalue weighted by atomic mass is 9.62. The predicted octanol–water partition coefficient (Wildman–Crippen LogP) is 7.23. The molecule has 0 radical (unpaired) electrons. The van der Waals surface area contributed by atoms with Crippen molar-refractivity contribution in [1.82, 2.24) is 0 Å². The molecule has 3 aromatic rings. The van der Waals surface area contributed by atoms with E-state index in [9.17, 15) is 0 Å². The van der Waals surface area contributed by atoms with Gasteiger partial charge < -0.3 is 4.42 Å². The molecule has 1 heterocycles. The van der Waals surface area contributed by atoms with Gasteiger partial charge >= 0.3 is 0 Å². The van der Waals surface area contributed by atoms with E-state index in [0.29, 0.717) is 0 Å². The molecule has 0 unspecified atom stereocenters. The molecular formula is C24H30O. The van der Waals surface area contributed by atoms with Gasteiger partial charge in [-0.05, 0) is 64.0 Å². The molecule has 1 aliphatic carbocycles. The molecule has 1 aromatic heterocycles. The van der Waals surface area contributed by atoms with Gasteiger partial charge in [0.1, 0.15) is 11.2 Å². The van der Waals surface area contributed by atoms with E-state index < -0.39 is 0 Å². The molecule has 1 aliphatic rings. The van der Waals surface area contributed by atoms with E-state index in [1.54, 1.807) is 0 Å². The number of furan rings is 1. The molecular weight excluding hydrogens is 304 g/mol. The summed E-state index contributed by atoms with van der Waals surface area (Å²) in [5.41, 5.74) is 6.96. The average Bonchev–Trinajstić information content (AvgIpc) is 2.88. The summed E-state index contributed by atoms with van der Waals surface area (Å²) in [6.45, 7) is 16.4. The van der Waals surface area contributed by atoms with Gasteiger partial charge in [-0.3, -0.25) is 0 Å². The van der Waals surface area contributed by atoms with Crippen LogP contribution in [0.5, 0.6) is 0 Å². The maximum atomic E-state index is 6.25. The van der Waals surface area contributed by atoms with Crippen LogP contribution in [0.1, 0.15) is 78.0 Å². The van der Waals surface area contributed by atoms with Crippen molar-refractivity contribution < 1.29 is 4.42 Å². The molecule has 0 spiro atoms. The van der Waals surface area contributed by atoms with E-state index in [1.807, 2.05) is 0 Å². The Hall–Kier alpha value is -1.76. The molecule has 1 heteroatoms. The molecule has 132 valence electrons. The van der Waals surface area contributed by atoms with Crippen molar-refractivity contribution in [3.8, 4) is 0 Å².